The van der Waals surface area contributed by atoms with Crippen molar-refractivity contribution in [1.29, 1.82) is 0 Å². The smallest absolute Gasteiger partial charge is 0.336 e. The van der Waals surface area contributed by atoms with E-state index in [0.717, 1.165) is 31.6 Å². The van der Waals surface area contributed by atoms with Crippen LogP contribution in [0.5, 0.6) is 0 Å². The first kappa shape index (κ1) is 22.7. The SMILES string of the molecule is Cl.Cl.O=C(c1csc(-c2cccc(C(F)(F)F)c2)n1)N1CCCNCC1. The Morgan fingerprint density at radius 2 is 1.96 bits per heavy atom. The Kier molecular flexibility index (Phi) is 8.33. The number of amides is 1. The van der Waals surface area contributed by atoms with Crippen molar-refractivity contribution < 1.29 is 18.0 Å². The minimum atomic E-state index is -4.40. The molecule has 144 valence electrons. The third kappa shape index (κ3) is 5.33. The molecule has 3 rings (SSSR count). The summed E-state index contributed by atoms with van der Waals surface area (Å²) >= 11 is 1.18. The summed E-state index contributed by atoms with van der Waals surface area (Å²) in [5, 5.41) is 5.24. The lowest BCUT2D eigenvalue weighted by Crippen LogP contribution is -2.34. The van der Waals surface area contributed by atoms with E-state index in [-0.39, 0.29) is 36.4 Å². The molecule has 1 aromatic heterocycles. The van der Waals surface area contributed by atoms with Gasteiger partial charge in [0.1, 0.15) is 10.7 Å². The van der Waals surface area contributed by atoms with Crippen LogP contribution in [0.2, 0.25) is 0 Å². The van der Waals surface area contributed by atoms with Crippen LogP contribution in [0.25, 0.3) is 10.6 Å². The number of alkyl halides is 3. The van der Waals surface area contributed by atoms with Gasteiger partial charge in [-0.25, -0.2) is 4.98 Å². The Balaban J connectivity index is 0.00000169. The fourth-order valence-electron chi connectivity index (χ4n) is 2.54. The van der Waals surface area contributed by atoms with E-state index >= 15 is 0 Å². The molecule has 0 saturated carbocycles. The fourth-order valence-corrected chi connectivity index (χ4v) is 3.33. The van der Waals surface area contributed by atoms with Gasteiger partial charge in [0.15, 0.2) is 0 Å². The van der Waals surface area contributed by atoms with Gasteiger partial charge in [-0.05, 0) is 25.1 Å². The fraction of sp³-hybridized carbons (Fsp3) is 0.375. The molecule has 0 bridgehead atoms. The summed E-state index contributed by atoms with van der Waals surface area (Å²) in [6.07, 6.45) is -3.53. The van der Waals surface area contributed by atoms with E-state index in [1.54, 1.807) is 16.3 Å². The van der Waals surface area contributed by atoms with Gasteiger partial charge < -0.3 is 10.2 Å². The number of aromatic nitrogens is 1. The zero-order valence-corrected chi connectivity index (χ0v) is 16.0. The van der Waals surface area contributed by atoms with Gasteiger partial charge in [0.25, 0.3) is 5.91 Å². The molecule has 2 aromatic rings. The lowest BCUT2D eigenvalue weighted by molar-refractivity contribution is -0.137. The van der Waals surface area contributed by atoms with E-state index in [0.29, 0.717) is 23.7 Å². The van der Waals surface area contributed by atoms with E-state index in [9.17, 15) is 18.0 Å². The lowest BCUT2D eigenvalue weighted by Gasteiger charge is -2.18. The van der Waals surface area contributed by atoms with Gasteiger partial charge in [0.2, 0.25) is 0 Å². The van der Waals surface area contributed by atoms with Crippen LogP contribution in [0.15, 0.2) is 29.6 Å². The third-order valence-corrected chi connectivity index (χ3v) is 4.68. The first-order valence-corrected chi connectivity index (χ1v) is 8.46. The van der Waals surface area contributed by atoms with Gasteiger partial charge in [-0.2, -0.15) is 13.2 Å². The second-order valence-corrected chi connectivity index (χ2v) is 6.37. The van der Waals surface area contributed by atoms with Crippen LogP contribution in [0.3, 0.4) is 0 Å². The number of carbonyl (C=O) groups is 1. The maximum Gasteiger partial charge on any atom is 0.416 e. The molecule has 0 unspecified atom stereocenters. The van der Waals surface area contributed by atoms with Crippen LogP contribution >= 0.6 is 36.2 Å². The summed E-state index contributed by atoms with van der Waals surface area (Å²) < 4.78 is 38.4. The monoisotopic (exact) mass is 427 g/mol. The Bertz CT molecular complexity index is 732. The molecule has 10 heteroatoms. The molecule has 2 heterocycles. The molecule has 0 spiro atoms. The predicted molar refractivity (Wildman–Crippen MR) is 100 cm³/mol. The van der Waals surface area contributed by atoms with E-state index in [4.69, 9.17) is 0 Å². The van der Waals surface area contributed by atoms with Crippen molar-refractivity contribution in [3.63, 3.8) is 0 Å². The highest BCUT2D eigenvalue weighted by molar-refractivity contribution is 7.13. The summed E-state index contributed by atoms with van der Waals surface area (Å²) in [5.41, 5.74) is -0.0672. The van der Waals surface area contributed by atoms with E-state index in [1.807, 2.05) is 0 Å². The minimum Gasteiger partial charge on any atom is -0.336 e. The molecule has 0 aliphatic carbocycles. The zero-order valence-electron chi connectivity index (χ0n) is 13.6. The number of rotatable bonds is 2. The van der Waals surface area contributed by atoms with E-state index in [2.05, 4.69) is 10.3 Å². The molecule has 0 radical (unpaired) electrons. The lowest BCUT2D eigenvalue weighted by atomic mass is 10.1. The molecule has 1 amide bonds. The second kappa shape index (κ2) is 9.55. The highest BCUT2D eigenvalue weighted by Crippen LogP contribution is 2.33. The molecule has 1 fully saturated rings. The summed E-state index contributed by atoms with van der Waals surface area (Å²) in [7, 11) is 0. The Morgan fingerprint density at radius 1 is 1.19 bits per heavy atom. The first-order chi connectivity index (χ1) is 11.4. The van der Waals surface area contributed by atoms with Crippen LogP contribution in [0.4, 0.5) is 13.2 Å². The highest BCUT2D eigenvalue weighted by atomic mass is 35.5. The molecule has 26 heavy (non-hydrogen) atoms. The van der Waals surface area contributed by atoms with Crippen LogP contribution in [0, 0.1) is 0 Å². The number of hydrogen-bond acceptors (Lipinski definition) is 4. The first-order valence-electron chi connectivity index (χ1n) is 7.58. The van der Waals surface area contributed by atoms with Crippen molar-refractivity contribution in [2.24, 2.45) is 0 Å². The van der Waals surface area contributed by atoms with Gasteiger partial charge >= 0.3 is 6.18 Å². The number of benzene rings is 1. The van der Waals surface area contributed by atoms with Crippen molar-refractivity contribution in [3.8, 4) is 10.6 Å². The maximum atomic E-state index is 12.8. The van der Waals surface area contributed by atoms with Crippen LogP contribution in [0.1, 0.15) is 22.5 Å². The largest absolute Gasteiger partial charge is 0.416 e. The second-order valence-electron chi connectivity index (χ2n) is 5.51. The predicted octanol–water partition coefficient (Wildman–Crippen LogP) is 4.11. The molecule has 1 aliphatic rings. The third-order valence-electron chi connectivity index (χ3n) is 3.79. The van der Waals surface area contributed by atoms with Crippen LogP contribution < -0.4 is 5.32 Å². The number of nitrogens with zero attached hydrogens (tertiary/aromatic N) is 2. The molecule has 4 nitrogen and oxygen atoms in total. The van der Waals surface area contributed by atoms with Crippen molar-refractivity contribution in [3.05, 3.63) is 40.9 Å². The molecular formula is C16H18Cl2F3N3OS. The summed E-state index contributed by atoms with van der Waals surface area (Å²) in [4.78, 5) is 18.5. The normalized spacial score (nSPS) is 14.8. The van der Waals surface area contributed by atoms with Crippen molar-refractivity contribution in [2.45, 2.75) is 12.6 Å². The van der Waals surface area contributed by atoms with Crippen LogP contribution in [-0.4, -0.2) is 42.0 Å². The van der Waals surface area contributed by atoms with Gasteiger partial charge in [-0.3, -0.25) is 4.79 Å². The van der Waals surface area contributed by atoms with Crippen LogP contribution in [-0.2, 0) is 6.18 Å². The molecule has 0 atom stereocenters. The van der Waals surface area contributed by atoms with Gasteiger partial charge in [0, 0.05) is 30.6 Å². The topological polar surface area (TPSA) is 45.2 Å². The van der Waals surface area contributed by atoms with Crippen molar-refractivity contribution in [2.75, 3.05) is 26.2 Å². The maximum absolute atomic E-state index is 12.8. The number of carbonyl (C=O) groups excluding carboxylic acids is 1. The Morgan fingerprint density at radius 3 is 2.69 bits per heavy atom. The van der Waals surface area contributed by atoms with Crippen molar-refractivity contribution in [1.82, 2.24) is 15.2 Å². The summed E-state index contributed by atoms with van der Waals surface area (Å²) in [6.45, 7) is 2.87. The standard InChI is InChI=1S/C16H16F3N3OS.2ClH/c17-16(18,19)12-4-1-3-11(9-12)14-21-13(10-24-14)15(23)22-7-2-5-20-6-8-22;;/h1,3-4,9-10,20H,2,5-8H2;2*1H. The zero-order chi connectivity index (χ0) is 17.2. The Labute approximate surface area is 165 Å². The van der Waals surface area contributed by atoms with E-state index < -0.39 is 11.7 Å². The van der Waals surface area contributed by atoms with E-state index in [1.165, 1.54) is 17.4 Å². The average Bonchev–Trinajstić information content (AvgIpc) is 2.89. The molecule has 1 saturated heterocycles. The Hall–Kier alpha value is -1.35. The minimum absolute atomic E-state index is 0. The molecule has 1 aliphatic heterocycles. The average molecular weight is 428 g/mol. The molecule has 1 aromatic carbocycles. The quantitative estimate of drug-likeness (QED) is 0.784. The van der Waals surface area contributed by atoms with Gasteiger partial charge in [-0.1, -0.05) is 12.1 Å². The number of nitrogens with one attached hydrogen (secondary N) is 1. The number of thiazole rings is 1. The summed E-state index contributed by atoms with van der Waals surface area (Å²) in [5.74, 6) is -0.173. The molecule has 1 N–H and O–H groups in total. The van der Waals surface area contributed by atoms with Gasteiger partial charge in [0.05, 0.1) is 5.56 Å². The highest BCUT2D eigenvalue weighted by Gasteiger charge is 2.30. The number of hydrogen-bond donors (Lipinski definition) is 1. The van der Waals surface area contributed by atoms with Crippen molar-refractivity contribution >= 4 is 42.1 Å². The molecular weight excluding hydrogens is 410 g/mol. The number of halogens is 5. The van der Waals surface area contributed by atoms with Gasteiger partial charge in [-0.15, -0.1) is 36.2 Å². The summed E-state index contributed by atoms with van der Waals surface area (Å²) in [6, 6.07) is 5.00.